The number of anilines is 1. The third kappa shape index (κ3) is 1.71. The molecular formula is C18H17N3O3. The average molecular weight is 323 g/mol. The van der Waals surface area contributed by atoms with Crippen molar-refractivity contribution in [3.8, 4) is 11.3 Å². The molecule has 1 fully saturated rings. The summed E-state index contributed by atoms with van der Waals surface area (Å²) >= 11 is 0. The molecule has 122 valence electrons. The van der Waals surface area contributed by atoms with E-state index in [9.17, 15) is 4.79 Å². The van der Waals surface area contributed by atoms with Crippen LogP contribution in [0.25, 0.3) is 22.2 Å². The third-order valence-electron chi connectivity index (χ3n) is 5.42. The van der Waals surface area contributed by atoms with E-state index in [1.807, 2.05) is 6.07 Å². The molecule has 6 nitrogen and oxygen atoms in total. The standard InChI is InChI=1S/C18H17N3O3/c1-20-14-3-2-11(15-9-13(18(22)23)19-24-15)8-12(14)16-10-4-6-21(7-5-10)17(16)20/h2-3,8-10H,4-7H2,1H3,(H,22,23). The summed E-state index contributed by atoms with van der Waals surface area (Å²) in [5, 5.41) is 13.9. The summed E-state index contributed by atoms with van der Waals surface area (Å²) in [5.74, 6) is 1.38. The van der Waals surface area contributed by atoms with Gasteiger partial charge in [0, 0.05) is 48.2 Å². The molecule has 0 unspecified atom stereocenters. The van der Waals surface area contributed by atoms with E-state index in [-0.39, 0.29) is 5.69 Å². The number of rotatable bonds is 2. The summed E-state index contributed by atoms with van der Waals surface area (Å²) in [4.78, 5) is 13.5. The molecule has 0 radical (unpaired) electrons. The van der Waals surface area contributed by atoms with Crippen molar-refractivity contribution in [2.45, 2.75) is 18.8 Å². The van der Waals surface area contributed by atoms with Crippen molar-refractivity contribution in [2.75, 3.05) is 18.0 Å². The van der Waals surface area contributed by atoms with Gasteiger partial charge in [0.05, 0.1) is 0 Å². The number of hydrogen-bond acceptors (Lipinski definition) is 4. The molecule has 3 aliphatic rings. The van der Waals surface area contributed by atoms with Crippen molar-refractivity contribution in [2.24, 2.45) is 7.05 Å². The highest BCUT2D eigenvalue weighted by Crippen LogP contribution is 2.47. The maximum atomic E-state index is 11.0. The van der Waals surface area contributed by atoms with Crippen LogP contribution in [0.5, 0.6) is 0 Å². The molecule has 1 saturated heterocycles. The lowest BCUT2D eigenvalue weighted by molar-refractivity contribution is 0.0686. The van der Waals surface area contributed by atoms with Crippen LogP contribution in [0, 0.1) is 0 Å². The van der Waals surface area contributed by atoms with Crippen molar-refractivity contribution >= 4 is 22.7 Å². The second kappa shape index (κ2) is 4.63. The first-order valence-electron chi connectivity index (χ1n) is 8.21. The molecule has 2 aromatic heterocycles. The number of aryl methyl sites for hydroxylation is 1. The summed E-state index contributed by atoms with van der Waals surface area (Å²) in [5.41, 5.74) is 3.45. The monoisotopic (exact) mass is 323 g/mol. The lowest BCUT2D eigenvalue weighted by atomic mass is 9.84. The Hall–Kier alpha value is -2.76. The van der Waals surface area contributed by atoms with Gasteiger partial charge >= 0.3 is 5.97 Å². The zero-order valence-corrected chi connectivity index (χ0v) is 13.3. The number of piperidine rings is 1. The average Bonchev–Trinajstić information content (AvgIpc) is 3.21. The smallest absolute Gasteiger partial charge is 0.358 e. The molecule has 6 rings (SSSR count). The van der Waals surface area contributed by atoms with Crippen molar-refractivity contribution in [1.29, 1.82) is 0 Å². The Kier molecular flexibility index (Phi) is 2.63. The van der Waals surface area contributed by atoms with E-state index in [0.29, 0.717) is 11.7 Å². The Morgan fingerprint density at radius 2 is 2.08 bits per heavy atom. The zero-order valence-electron chi connectivity index (χ0n) is 13.3. The fraction of sp³-hybridized carbons (Fsp3) is 0.333. The van der Waals surface area contributed by atoms with Crippen molar-refractivity contribution < 1.29 is 14.4 Å². The first-order valence-corrected chi connectivity index (χ1v) is 8.21. The molecule has 0 amide bonds. The molecule has 0 atom stereocenters. The topological polar surface area (TPSA) is 71.5 Å². The molecule has 3 aliphatic heterocycles. The third-order valence-corrected chi connectivity index (χ3v) is 5.42. The van der Waals surface area contributed by atoms with Gasteiger partial charge in [0.1, 0.15) is 5.82 Å². The summed E-state index contributed by atoms with van der Waals surface area (Å²) in [6.07, 6.45) is 2.42. The molecule has 24 heavy (non-hydrogen) atoms. The van der Waals surface area contributed by atoms with E-state index in [2.05, 4.69) is 33.8 Å². The lowest BCUT2D eigenvalue weighted by Crippen LogP contribution is -2.39. The van der Waals surface area contributed by atoms with Crippen molar-refractivity contribution in [1.82, 2.24) is 9.72 Å². The molecule has 1 aromatic carbocycles. The van der Waals surface area contributed by atoms with E-state index >= 15 is 0 Å². The second-order valence-corrected chi connectivity index (χ2v) is 6.67. The molecule has 0 spiro atoms. The number of benzene rings is 1. The van der Waals surface area contributed by atoms with Gasteiger partial charge in [-0.2, -0.15) is 0 Å². The van der Waals surface area contributed by atoms with Crippen LogP contribution in [0.1, 0.15) is 34.8 Å². The number of carboxylic acid groups (broad SMARTS) is 1. The lowest BCUT2D eigenvalue weighted by Gasteiger charge is -2.41. The minimum Gasteiger partial charge on any atom is -0.476 e. The maximum absolute atomic E-state index is 11.0. The number of fused-ring (bicyclic) bond motifs is 3. The van der Waals surface area contributed by atoms with Crippen molar-refractivity contribution in [3.63, 3.8) is 0 Å². The second-order valence-electron chi connectivity index (χ2n) is 6.67. The number of aromatic carboxylic acids is 1. The Bertz CT molecular complexity index is 977. The minimum atomic E-state index is -1.08. The van der Waals surface area contributed by atoms with Gasteiger partial charge in [-0.05, 0) is 37.0 Å². The molecule has 0 aliphatic carbocycles. The summed E-state index contributed by atoms with van der Waals surface area (Å²) in [6, 6.07) is 7.65. The zero-order chi connectivity index (χ0) is 16.4. The summed E-state index contributed by atoms with van der Waals surface area (Å²) in [6.45, 7) is 2.28. The van der Waals surface area contributed by atoms with E-state index in [4.69, 9.17) is 9.63 Å². The molecular weight excluding hydrogens is 306 g/mol. The van der Waals surface area contributed by atoms with Gasteiger partial charge in [0.2, 0.25) is 0 Å². The fourth-order valence-corrected chi connectivity index (χ4v) is 4.29. The highest BCUT2D eigenvalue weighted by molar-refractivity contribution is 5.95. The van der Waals surface area contributed by atoms with Crippen LogP contribution in [-0.4, -0.2) is 33.9 Å². The fourth-order valence-electron chi connectivity index (χ4n) is 4.29. The predicted octanol–water partition coefficient (Wildman–Crippen LogP) is 3.23. The quantitative estimate of drug-likeness (QED) is 0.784. The van der Waals surface area contributed by atoms with E-state index in [1.165, 1.54) is 41.2 Å². The van der Waals surface area contributed by atoms with Gasteiger partial charge in [0.15, 0.2) is 11.5 Å². The largest absolute Gasteiger partial charge is 0.476 e. The summed E-state index contributed by atoms with van der Waals surface area (Å²) < 4.78 is 7.51. The number of hydrogen-bond donors (Lipinski definition) is 1. The Labute approximate surface area is 138 Å². The molecule has 0 saturated carbocycles. The van der Waals surface area contributed by atoms with Crippen LogP contribution in [-0.2, 0) is 7.05 Å². The van der Waals surface area contributed by atoms with Crippen LogP contribution < -0.4 is 4.90 Å². The Morgan fingerprint density at radius 3 is 2.79 bits per heavy atom. The van der Waals surface area contributed by atoms with Gasteiger partial charge in [-0.1, -0.05) is 5.16 Å². The maximum Gasteiger partial charge on any atom is 0.358 e. The molecule has 2 bridgehead atoms. The molecule has 3 aromatic rings. The highest BCUT2D eigenvalue weighted by Gasteiger charge is 2.35. The number of carbonyl (C=O) groups is 1. The van der Waals surface area contributed by atoms with Crippen LogP contribution in [0.3, 0.4) is 0 Å². The van der Waals surface area contributed by atoms with Gasteiger partial charge in [-0.15, -0.1) is 0 Å². The first kappa shape index (κ1) is 13.7. The van der Waals surface area contributed by atoms with E-state index in [1.54, 1.807) is 0 Å². The predicted molar refractivity (Wildman–Crippen MR) is 89.6 cm³/mol. The van der Waals surface area contributed by atoms with Crippen molar-refractivity contribution in [3.05, 3.63) is 35.5 Å². The van der Waals surface area contributed by atoms with Crippen LogP contribution in [0.15, 0.2) is 28.8 Å². The van der Waals surface area contributed by atoms with Gasteiger partial charge in [-0.3, -0.25) is 0 Å². The minimum absolute atomic E-state index is 0.0645. The molecule has 1 N–H and O–H groups in total. The van der Waals surface area contributed by atoms with Gasteiger partial charge in [-0.25, -0.2) is 4.79 Å². The van der Waals surface area contributed by atoms with Gasteiger partial charge < -0.3 is 19.1 Å². The van der Waals surface area contributed by atoms with Crippen LogP contribution in [0.4, 0.5) is 5.82 Å². The van der Waals surface area contributed by atoms with Crippen LogP contribution in [0.2, 0.25) is 0 Å². The molecule has 6 heteroatoms. The SMILES string of the molecule is Cn1c2c(c3cc(-c4cc(C(=O)O)no4)ccc31)C1CCN2CC1. The number of nitrogens with zero attached hydrogens (tertiary/aromatic N) is 3. The first-order chi connectivity index (χ1) is 11.6. The highest BCUT2D eigenvalue weighted by atomic mass is 16.5. The van der Waals surface area contributed by atoms with Gasteiger partial charge in [0.25, 0.3) is 0 Å². The molecule has 5 heterocycles. The Balaban J connectivity index is 1.71. The van der Waals surface area contributed by atoms with Crippen LogP contribution >= 0.6 is 0 Å². The number of carboxylic acids is 1. The Morgan fingerprint density at radius 1 is 1.29 bits per heavy atom. The number of aromatic nitrogens is 2. The van der Waals surface area contributed by atoms with E-state index < -0.39 is 5.97 Å². The normalized spacial score (nSPS) is 16.8. The summed E-state index contributed by atoms with van der Waals surface area (Å²) in [7, 11) is 2.12. The van der Waals surface area contributed by atoms with E-state index in [0.717, 1.165) is 18.7 Å².